The molecule has 1 aromatic carbocycles. The predicted molar refractivity (Wildman–Crippen MR) is 90.2 cm³/mol. The number of para-hydroxylation sites is 1. The highest BCUT2D eigenvalue weighted by Gasteiger charge is 2.38. The van der Waals surface area contributed by atoms with Gasteiger partial charge in [-0.05, 0) is 19.1 Å². The number of rotatable bonds is 3. The lowest BCUT2D eigenvalue weighted by Crippen LogP contribution is -2.52. The minimum absolute atomic E-state index is 0.167. The van der Waals surface area contributed by atoms with Crippen molar-refractivity contribution in [3.8, 4) is 5.69 Å². The fraction of sp³-hybridized carbons (Fsp3) is 0.353. The van der Waals surface area contributed by atoms with E-state index in [4.69, 9.17) is 5.73 Å². The molecule has 2 aromatic rings. The molecule has 1 saturated heterocycles. The van der Waals surface area contributed by atoms with Gasteiger partial charge < -0.3 is 15.7 Å². The monoisotopic (exact) mass is 328 g/mol. The highest BCUT2D eigenvalue weighted by atomic mass is 16.3. The molecule has 0 bridgehead atoms. The van der Waals surface area contributed by atoms with Gasteiger partial charge in [0, 0.05) is 32.0 Å². The van der Waals surface area contributed by atoms with Crippen molar-refractivity contribution >= 4 is 11.7 Å². The first kappa shape index (κ1) is 16.2. The van der Waals surface area contributed by atoms with Gasteiger partial charge in [0.15, 0.2) is 0 Å². The number of aromatic nitrogens is 2. The molecule has 1 aliphatic heterocycles. The maximum absolute atomic E-state index is 12.5. The molecule has 3 rings (SSSR count). The first-order chi connectivity index (χ1) is 11.4. The molecule has 0 spiro atoms. The Morgan fingerprint density at radius 2 is 1.88 bits per heavy atom. The van der Waals surface area contributed by atoms with Crippen molar-refractivity contribution in [2.75, 3.05) is 18.0 Å². The van der Waals surface area contributed by atoms with E-state index >= 15 is 0 Å². The van der Waals surface area contributed by atoms with Crippen LogP contribution in [-0.2, 0) is 4.79 Å². The quantitative estimate of drug-likeness (QED) is 0.847. The lowest BCUT2D eigenvalue weighted by atomic mass is 9.91. The summed E-state index contributed by atoms with van der Waals surface area (Å²) in [6.45, 7) is 2.61. The fourth-order valence-electron chi connectivity index (χ4n) is 2.99. The average Bonchev–Trinajstić information content (AvgIpc) is 2.55. The van der Waals surface area contributed by atoms with Crippen LogP contribution in [-0.4, -0.2) is 39.3 Å². The van der Waals surface area contributed by atoms with E-state index < -0.39 is 11.5 Å². The van der Waals surface area contributed by atoms with Crippen molar-refractivity contribution < 1.29 is 9.90 Å². The molecule has 1 amide bonds. The number of nitrogens with zero attached hydrogens (tertiary/aromatic N) is 3. The number of amides is 1. The molecule has 0 radical (unpaired) electrons. The Bertz CT molecular complexity index is 808. The van der Waals surface area contributed by atoms with Crippen molar-refractivity contribution in [2.45, 2.75) is 25.4 Å². The summed E-state index contributed by atoms with van der Waals surface area (Å²) >= 11 is 0. The normalized spacial score (nSPS) is 16.8. The number of nitrogens with two attached hydrogens (primary N) is 1. The Morgan fingerprint density at radius 3 is 2.42 bits per heavy atom. The van der Waals surface area contributed by atoms with Crippen molar-refractivity contribution in [1.82, 2.24) is 9.55 Å². The molecule has 0 atom stereocenters. The lowest BCUT2D eigenvalue weighted by Gasteiger charge is -2.36. The minimum atomic E-state index is -1.47. The van der Waals surface area contributed by atoms with Gasteiger partial charge in [-0.15, -0.1) is 0 Å². The Labute approximate surface area is 139 Å². The number of aryl methyl sites for hydroxylation is 1. The molecule has 0 unspecified atom stereocenters. The molecule has 3 N–H and O–H groups in total. The Balaban J connectivity index is 1.87. The van der Waals surface area contributed by atoms with Gasteiger partial charge in [0.25, 0.3) is 5.56 Å². The summed E-state index contributed by atoms with van der Waals surface area (Å²) in [6, 6.07) is 10.8. The van der Waals surface area contributed by atoms with Crippen LogP contribution in [0, 0.1) is 6.92 Å². The van der Waals surface area contributed by atoms with Gasteiger partial charge in [0.2, 0.25) is 5.91 Å². The topological polar surface area (TPSA) is 101 Å². The number of piperidine rings is 1. The van der Waals surface area contributed by atoms with E-state index in [9.17, 15) is 14.7 Å². The van der Waals surface area contributed by atoms with Crippen molar-refractivity contribution in [1.29, 1.82) is 0 Å². The Morgan fingerprint density at radius 1 is 1.25 bits per heavy atom. The number of aliphatic hydroxyl groups is 1. The molecule has 0 aliphatic carbocycles. The third kappa shape index (κ3) is 2.90. The fourth-order valence-corrected chi connectivity index (χ4v) is 2.99. The molecular weight excluding hydrogens is 308 g/mol. The molecule has 2 heterocycles. The van der Waals surface area contributed by atoms with E-state index in [1.165, 1.54) is 6.07 Å². The Kier molecular flexibility index (Phi) is 4.11. The zero-order valence-corrected chi connectivity index (χ0v) is 13.5. The lowest BCUT2D eigenvalue weighted by molar-refractivity contribution is -0.138. The number of carbonyl (C=O) groups excluding carboxylic acids is 1. The number of hydrogen-bond acceptors (Lipinski definition) is 5. The van der Waals surface area contributed by atoms with Crippen LogP contribution in [0.3, 0.4) is 0 Å². The smallest absolute Gasteiger partial charge is 0.260 e. The average molecular weight is 328 g/mol. The van der Waals surface area contributed by atoms with Crippen LogP contribution in [0.2, 0.25) is 0 Å². The van der Waals surface area contributed by atoms with Gasteiger partial charge in [0.05, 0.1) is 5.69 Å². The SMILES string of the molecule is Cc1nc(N2CCC(O)(C(N)=O)CC2)cc(=O)n1-c1ccccc1. The highest BCUT2D eigenvalue weighted by molar-refractivity contribution is 5.83. The van der Waals surface area contributed by atoms with Crippen LogP contribution in [0.1, 0.15) is 18.7 Å². The minimum Gasteiger partial charge on any atom is -0.380 e. The van der Waals surface area contributed by atoms with E-state index in [1.54, 1.807) is 11.5 Å². The molecule has 1 fully saturated rings. The number of hydrogen-bond donors (Lipinski definition) is 2. The van der Waals surface area contributed by atoms with Gasteiger partial charge in [-0.3, -0.25) is 14.2 Å². The molecule has 126 valence electrons. The van der Waals surface area contributed by atoms with Crippen LogP contribution in [0.4, 0.5) is 5.82 Å². The zero-order chi connectivity index (χ0) is 17.3. The zero-order valence-electron chi connectivity index (χ0n) is 13.5. The summed E-state index contributed by atoms with van der Waals surface area (Å²) in [5.74, 6) is 0.432. The molecular formula is C17H20N4O3. The first-order valence-corrected chi connectivity index (χ1v) is 7.84. The summed E-state index contributed by atoms with van der Waals surface area (Å²) < 4.78 is 1.55. The third-order valence-electron chi connectivity index (χ3n) is 4.46. The summed E-state index contributed by atoms with van der Waals surface area (Å²) in [5, 5.41) is 10.1. The van der Waals surface area contributed by atoms with E-state index in [0.717, 1.165) is 5.69 Å². The number of carbonyl (C=O) groups is 1. The van der Waals surface area contributed by atoms with Crippen molar-refractivity contribution in [3.05, 3.63) is 52.6 Å². The van der Waals surface area contributed by atoms with E-state index in [-0.39, 0.29) is 18.4 Å². The van der Waals surface area contributed by atoms with Crippen LogP contribution in [0.25, 0.3) is 5.69 Å². The number of anilines is 1. The maximum Gasteiger partial charge on any atom is 0.260 e. The second-order valence-electron chi connectivity index (χ2n) is 6.05. The standard InChI is InChI=1S/C17H20N4O3/c1-12-19-14(20-9-7-17(24,8-10-20)16(18)23)11-15(22)21(12)13-5-3-2-4-6-13/h2-6,11,24H,7-10H2,1H3,(H2,18,23). The second kappa shape index (κ2) is 6.09. The predicted octanol–water partition coefficient (Wildman–Crippen LogP) is 0.358. The molecule has 0 saturated carbocycles. The summed E-state index contributed by atoms with van der Waals surface area (Å²) in [5.41, 5.74) is 4.37. The second-order valence-corrected chi connectivity index (χ2v) is 6.05. The van der Waals surface area contributed by atoms with Gasteiger partial charge in [-0.2, -0.15) is 0 Å². The summed E-state index contributed by atoms with van der Waals surface area (Å²) in [4.78, 5) is 30.2. The molecule has 1 aromatic heterocycles. The molecule has 1 aliphatic rings. The van der Waals surface area contributed by atoms with Crippen LogP contribution >= 0.6 is 0 Å². The molecule has 24 heavy (non-hydrogen) atoms. The van der Waals surface area contributed by atoms with Crippen LogP contribution in [0.5, 0.6) is 0 Å². The van der Waals surface area contributed by atoms with Crippen molar-refractivity contribution in [3.63, 3.8) is 0 Å². The van der Waals surface area contributed by atoms with Gasteiger partial charge in [-0.25, -0.2) is 4.98 Å². The molecule has 7 nitrogen and oxygen atoms in total. The largest absolute Gasteiger partial charge is 0.380 e. The van der Waals surface area contributed by atoms with Crippen LogP contribution < -0.4 is 16.2 Å². The maximum atomic E-state index is 12.5. The van der Waals surface area contributed by atoms with Crippen LogP contribution in [0.15, 0.2) is 41.2 Å². The summed E-state index contributed by atoms with van der Waals surface area (Å²) in [6.07, 6.45) is 0.454. The number of benzene rings is 1. The highest BCUT2D eigenvalue weighted by Crippen LogP contribution is 2.24. The van der Waals surface area contributed by atoms with Gasteiger partial charge in [0.1, 0.15) is 17.2 Å². The number of primary amides is 1. The Hall–Kier alpha value is -2.67. The van der Waals surface area contributed by atoms with Gasteiger partial charge >= 0.3 is 0 Å². The van der Waals surface area contributed by atoms with Crippen molar-refractivity contribution in [2.24, 2.45) is 5.73 Å². The van der Waals surface area contributed by atoms with E-state index in [1.807, 2.05) is 35.2 Å². The van der Waals surface area contributed by atoms with Gasteiger partial charge in [-0.1, -0.05) is 18.2 Å². The molecule has 7 heteroatoms. The van der Waals surface area contributed by atoms with E-state index in [0.29, 0.717) is 24.7 Å². The van der Waals surface area contributed by atoms with E-state index in [2.05, 4.69) is 4.98 Å². The first-order valence-electron chi connectivity index (χ1n) is 7.84. The third-order valence-corrected chi connectivity index (χ3v) is 4.46. The summed E-state index contributed by atoms with van der Waals surface area (Å²) in [7, 11) is 0.